The lowest BCUT2D eigenvalue weighted by molar-refractivity contribution is 0.155. The number of hydrogen-bond acceptors (Lipinski definition) is 2. The molecular formula is C34H58N2. The van der Waals surface area contributed by atoms with Crippen molar-refractivity contribution in [2.45, 2.75) is 167 Å². The molecule has 204 valence electrons. The molecule has 0 bridgehead atoms. The maximum Gasteiger partial charge on any atom is 0.131 e. The molecule has 0 aliphatic heterocycles. The predicted octanol–water partition coefficient (Wildman–Crippen LogP) is 10.8. The largest absolute Gasteiger partial charge is 0.241 e. The average Bonchev–Trinajstić information content (AvgIpc) is 2.94. The summed E-state index contributed by atoms with van der Waals surface area (Å²) in [5, 5.41) is 0. The summed E-state index contributed by atoms with van der Waals surface area (Å²) in [7, 11) is 0. The molecule has 1 aromatic rings. The van der Waals surface area contributed by atoms with E-state index >= 15 is 0 Å². The third-order valence-corrected chi connectivity index (χ3v) is 10.6. The van der Waals surface area contributed by atoms with Gasteiger partial charge in [-0.1, -0.05) is 90.9 Å². The number of nitrogens with zero attached hydrogens (tertiary/aromatic N) is 2. The van der Waals surface area contributed by atoms with Crippen LogP contribution in [-0.4, -0.2) is 9.97 Å². The van der Waals surface area contributed by atoms with Gasteiger partial charge in [0.05, 0.1) is 0 Å². The normalized spacial score (nSPS) is 31.4. The van der Waals surface area contributed by atoms with Crippen LogP contribution in [-0.2, 0) is 0 Å². The third kappa shape index (κ3) is 8.56. The van der Waals surface area contributed by atoms with Gasteiger partial charge in [0.15, 0.2) is 0 Å². The summed E-state index contributed by atoms with van der Waals surface area (Å²) in [5.41, 5.74) is 1.43. The van der Waals surface area contributed by atoms with E-state index < -0.39 is 0 Å². The highest BCUT2D eigenvalue weighted by Crippen LogP contribution is 2.44. The molecule has 0 spiro atoms. The van der Waals surface area contributed by atoms with Crippen LogP contribution < -0.4 is 0 Å². The summed E-state index contributed by atoms with van der Waals surface area (Å²) in [5.74, 6) is 6.51. The van der Waals surface area contributed by atoms with E-state index in [9.17, 15) is 0 Å². The zero-order valence-corrected chi connectivity index (χ0v) is 24.1. The lowest BCUT2D eigenvalue weighted by Crippen LogP contribution is -2.25. The zero-order chi connectivity index (χ0) is 25.0. The van der Waals surface area contributed by atoms with Gasteiger partial charge in [-0.25, -0.2) is 9.97 Å². The maximum atomic E-state index is 4.94. The molecule has 3 aliphatic rings. The number of unbranched alkanes of at least 4 members (excludes halogenated alkanes) is 6. The van der Waals surface area contributed by atoms with Crippen molar-refractivity contribution in [1.29, 1.82) is 0 Å². The molecule has 0 amide bonds. The number of aromatic nitrogens is 2. The van der Waals surface area contributed by atoms with Crippen LogP contribution in [0, 0.1) is 23.7 Å². The Morgan fingerprint density at radius 2 is 0.972 bits per heavy atom. The van der Waals surface area contributed by atoms with Crippen LogP contribution in [0.25, 0.3) is 0 Å². The van der Waals surface area contributed by atoms with E-state index in [-0.39, 0.29) is 0 Å². The van der Waals surface area contributed by atoms with Crippen molar-refractivity contribution in [3.8, 4) is 0 Å². The van der Waals surface area contributed by atoms with E-state index in [2.05, 4.69) is 26.2 Å². The molecule has 3 aliphatic carbocycles. The highest BCUT2D eigenvalue weighted by molar-refractivity contribution is 5.14. The Bertz CT molecular complexity index is 688. The van der Waals surface area contributed by atoms with Gasteiger partial charge in [-0.2, -0.15) is 0 Å². The number of hydrogen-bond donors (Lipinski definition) is 0. The van der Waals surface area contributed by atoms with Gasteiger partial charge in [-0.05, 0) is 99.4 Å². The molecule has 1 heterocycles. The van der Waals surface area contributed by atoms with Gasteiger partial charge in [-0.15, -0.1) is 0 Å². The van der Waals surface area contributed by atoms with Crippen LogP contribution in [0.2, 0.25) is 0 Å². The van der Waals surface area contributed by atoms with E-state index in [1.54, 1.807) is 0 Å². The molecule has 0 N–H and O–H groups in total. The molecule has 0 aromatic carbocycles. The molecule has 0 saturated heterocycles. The lowest BCUT2D eigenvalue weighted by atomic mass is 9.68. The molecule has 2 nitrogen and oxygen atoms in total. The molecule has 3 fully saturated rings. The number of rotatable bonds is 13. The fourth-order valence-electron chi connectivity index (χ4n) is 8.07. The minimum atomic E-state index is 0.614. The van der Waals surface area contributed by atoms with Crippen molar-refractivity contribution < 1.29 is 0 Å². The Balaban J connectivity index is 1.13. The summed E-state index contributed by atoms with van der Waals surface area (Å²) in [6, 6.07) is 0. The molecule has 0 unspecified atom stereocenters. The van der Waals surface area contributed by atoms with E-state index in [0.717, 1.165) is 29.5 Å². The van der Waals surface area contributed by atoms with Crippen molar-refractivity contribution in [2.24, 2.45) is 23.7 Å². The highest BCUT2D eigenvalue weighted by Gasteiger charge is 2.31. The lowest BCUT2D eigenvalue weighted by Gasteiger charge is -2.38. The Morgan fingerprint density at radius 3 is 1.56 bits per heavy atom. The fourth-order valence-corrected chi connectivity index (χ4v) is 8.07. The summed E-state index contributed by atoms with van der Waals surface area (Å²) >= 11 is 0. The Kier molecular flexibility index (Phi) is 12.1. The second-order valence-corrected chi connectivity index (χ2v) is 13.2. The van der Waals surface area contributed by atoms with Gasteiger partial charge in [-0.3, -0.25) is 0 Å². The van der Waals surface area contributed by atoms with Gasteiger partial charge in [0, 0.05) is 18.3 Å². The van der Waals surface area contributed by atoms with E-state index in [4.69, 9.17) is 9.97 Å². The summed E-state index contributed by atoms with van der Waals surface area (Å²) < 4.78 is 0. The first-order valence-electron chi connectivity index (χ1n) is 16.6. The summed E-state index contributed by atoms with van der Waals surface area (Å²) in [4.78, 5) is 9.87. The maximum absolute atomic E-state index is 4.94. The quantitative estimate of drug-likeness (QED) is 0.255. The molecular weight excluding hydrogens is 436 g/mol. The van der Waals surface area contributed by atoms with Crippen molar-refractivity contribution in [1.82, 2.24) is 9.97 Å². The molecule has 2 heteroatoms. The second kappa shape index (κ2) is 15.5. The minimum absolute atomic E-state index is 0.614. The molecule has 0 atom stereocenters. The van der Waals surface area contributed by atoms with Crippen molar-refractivity contribution in [3.05, 3.63) is 23.8 Å². The summed E-state index contributed by atoms with van der Waals surface area (Å²) in [6.07, 6.45) is 35.9. The Hall–Kier alpha value is -0.920. The van der Waals surface area contributed by atoms with Gasteiger partial charge in [0.2, 0.25) is 0 Å². The van der Waals surface area contributed by atoms with Crippen LogP contribution in [0.15, 0.2) is 12.4 Å². The van der Waals surface area contributed by atoms with Crippen LogP contribution in [0.5, 0.6) is 0 Å². The van der Waals surface area contributed by atoms with Gasteiger partial charge in [0.25, 0.3) is 0 Å². The fraction of sp³-hybridized carbons (Fsp3) is 0.882. The molecule has 3 saturated carbocycles. The SMILES string of the molecule is CCCCCCC[C@H]1CC[C@H](c2ncc([C@H]3CC[C@H]([C@H]4CC[C@H](CCCCC)CC4)CC3)cn2)CC1. The van der Waals surface area contributed by atoms with Crippen molar-refractivity contribution in [3.63, 3.8) is 0 Å². The van der Waals surface area contributed by atoms with Gasteiger partial charge < -0.3 is 0 Å². The van der Waals surface area contributed by atoms with Crippen LogP contribution in [0.1, 0.15) is 178 Å². The Labute approximate surface area is 224 Å². The first-order chi connectivity index (χ1) is 17.8. The van der Waals surface area contributed by atoms with Gasteiger partial charge in [0.1, 0.15) is 5.82 Å². The monoisotopic (exact) mass is 494 g/mol. The van der Waals surface area contributed by atoms with Gasteiger partial charge >= 0.3 is 0 Å². The van der Waals surface area contributed by atoms with Crippen LogP contribution in [0.3, 0.4) is 0 Å². The van der Waals surface area contributed by atoms with E-state index in [1.165, 1.54) is 147 Å². The highest BCUT2D eigenvalue weighted by atomic mass is 14.9. The minimum Gasteiger partial charge on any atom is -0.241 e. The first-order valence-corrected chi connectivity index (χ1v) is 16.6. The molecule has 4 rings (SSSR count). The standard InChI is InChI=1S/C34H58N2/c1-3-5-7-8-10-12-28-15-19-32(20-16-28)34-35-25-33(26-36-34)31-23-21-30(22-24-31)29-17-13-27(14-18-29)11-9-6-4-2/h25-32H,3-24H2,1-2H3/t27-,28-,29-,30-,31-,32-. The van der Waals surface area contributed by atoms with E-state index in [0.29, 0.717) is 11.8 Å². The smallest absolute Gasteiger partial charge is 0.131 e. The summed E-state index contributed by atoms with van der Waals surface area (Å²) in [6.45, 7) is 4.64. The zero-order valence-electron chi connectivity index (χ0n) is 24.1. The predicted molar refractivity (Wildman–Crippen MR) is 154 cm³/mol. The van der Waals surface area contributed by atoms with Crippen LogP contribution >= 0.6 is 0 Å². The van der Waals surface area contributed by atoms with Crippen molar-refractivity contribution >= 4 is 0 Å². The molecule has 1 aromatic heterocycles. The molecule has 0 radical (unpaired) electrons. The topological polar surface area (TPSA) is 25.8 Å². The van der Waals surface area contributed by atoms with Crippen molar-refractivity contribution in [2.75, 3.05) is 0 Å². The van der Waals surface area contributed by atoms with E-state index in [1.807, 2.05) is 0 Å². The molecule has 36 heavy (non-hydrogen) atoms. The van der Waals surface area contributed by atoms with Crippen LogP contribution in [0.4, 0.5) is 0 Å². The Morgan fingerprint density at radius 1 is 0.528 bits per heavy atom. The average molecular weight is 495 g/mol. The third-order valence-electron chi connectivity index (χ3n) is 10.6. The second-order valence-electron chi connectivity index (χ2n) is 13.2. The first kappa shape index (κ1) is 28.1.